The van der Waals surface area contributed by atoms with Gasteiger partial charge >= 0.3 is 0 Å². The highest BCUT2D eigenvalue weighted by atomic mass is 79.9. The fourth-order valence-electron chi connectivity index (χ4n) is 1.95. The van der Waals surface area contributed by atoms with E-state index < -0.39 is 0 Å². The van der Waals surface area contributed by atoms with Gasteiger partial charge in [0.25, 0.3) is 5.91 Å². The van der Waals surface area contributed by atoms with Crippen molar-refractivity contribution in [2.45, 2.75) is 25.8 Å². The highest BCUT2D eigenvalue weighted by Gasteiger charge is 2.32. The number of halogens is 2. The van der Waals surface area contributed by atoms with E-state index in [1.807, 2.05) is 24.0 Å². The summed E-state index contributed by atoms with van der Waals surface area (Å²) in [4.78, 5) is 14.4. The zero-order chi connectivity index (χ0) is 12.4. The molecule has 1 aliphatic rings. The zero-order valence-corrected chi connectivity index (χ0v) is 12.1. The van der Waals surface area contributed by atoms with E-state index in [2.05, 4.69) is 15.9 Å². The van der Waals surface area contributed by atoms with Crippen LogP contribution in [0.5, 0.6) is 0 Å². The summed E-state index contributed by atoms with van der Waals surface area (Å²) in [7, 11) is 0. The Morgan fingerprint density at radius 2 is 2.24 bits per heavy atom. The molecule has 0 radical (unpaired) electrons. The van der Waals surface area contributed by atoms with Gasteiger partial charge in [-0.15, -0.1) is 0 Å². The van der Waals surface area contributed by atoms with E-state index in [9.17, 15) is 4.79 Å². The van der Waals surface area contributed by atoms with Crippen molar-refractivity contribution in [2.75, 3.05) is 11.9 Å². The third-order valence-electron chi connectivity index (χ3n) is 2.99. The van der Waals surface area contributed by atoms with Crippen LogP contribution in [0, 0.1) is 6.92 Å². The number of hydrogen-bond donors (Lipinski definition) is 0. The van der Waals surface area contributed by atoms with E-state index in [0.29, 0.717) is 11.1 Å². The van der Waals surface area contributed by atoms with Crippen LogP contribution in [-0.2, 0) is 0 Å². The Labute approximate surface area is 115 Å². The molecule has 0 N–H and O–H groups in total. The number of carbonyl (C=O) groups excluding carboxylic acids is 1. The SMILES string of the molecule is Cc1cc(Cl)ccc1C(=O)N(CCBr)C1CC1. The van der Waals surface area contributed by atoms with Gasteiger partial charge in [-0.05, 0) is 43.5 Å². The molecule has 1 fully saturated rings. The summed E-state index contributed by atoms with van der Waals surface area (Å²) in [5, 5.41) is 1.50. The van der Waals surface area contributed by atoms with Crippen LogP contribution < -0.4 is 0 Å². The number of rotatable bonds is 4. The maximum atomic E-state index is 12.4. The summed E-state index contributed by atoms with van der Waals surface area (Å²) in [5.41, 5.74) is 1.71. The van der Waals surface area contributed by atoms with E-state index in [4.69, 9.17) is 11.6 Å². The molecule has 1 amide bonds. The molecule has 1 saturated carbocycles. The molecule has 2 nitrogen and oxygen atoms in total. The second kappa shape index (κ2) is 5.40. The van der Waals surface area contributed by atoms with Crippen molar-refractivity contribution < 1.29 is 4.79 Å². The molecule has 0 saturated heterocycles. The van der Waals surface area contributed by atoms with Gasteiger partial charge in [0, 0.05) is 28.5 Å². The van der Waals surface area contributed by atoms with Crippen LogP contribution in [0.25, 0.3) is 0 Å². The van der Waals surface area contributed by atoms with Crippen LogP contribution >= 0.6 is 27.5 Å². The molecule has 1 aromatic rings. The second-order valence-electron chi connectivity index (χ2n) is 4.38. The zero-order valence-electron chi connectivity index (χ0n) is 9.75. The summed E-state index contributed by atoms with van der Waals surface area (Å²) in [6, 6.07) is 5.88. The monoisotopic (exact) mass is 315 g/mol. The van der Waals surface area contributed by atoms with Crippen molar-refractivity contribution in [3.63, 3.8) is 0 Å². The molecule has 0 heterocycles. The minimum absolute atomic E-state index is 0.126. The van der Waals surface area contributed by atoms with E-state index in [0.717, 1.165) is 35.8 Å². The molecule has 0 aromatic heterocycles. The average molecular weight is 317 g/mol. The minimum atomic E-state index is 0.126. The van der Waals surface area contributed by atoms with Gasteiger partial charge in [0.2, 0.25) is 0 Å². The highest BCUT2D eigenvalue weighted by Crippen LogP contribution is 2.29. The van der Waals surface area contributed by atoms with Crippen molar-refractivity contribution in [1.82, 2.24) is 4.90 Å². The number of hydrogen-bond acceptors (Lipinski definition) is 1. The normalized spacial score (nSPS) is 14.8. The predicted molar refractivity (Wildman–Crippen MR) is 74.0 cm³/mol. The number of amides is 1. The standard InChI is InChI=1S/C13H15BrClNO/c1-9-8-10(15)2-5-12(9)13(17)16(7-6-14)11-3-4-11/h2,5,8,11H,3-4,6-7H2,1H3. The number of aryl methyl sites for hydroxylation is 1. The molecule has 2 rings (SSSR count). The van der Waals surface area contributed by atoms with E-state index in [1.165, 1.54) is 0 Å². The van der Waals surface area contributed by atoms with Crippen LogP contribution in [0.3, 0.4) is 0 Å². The van der Waals surface area contributed by atoms with Crippen LogP contribution in [0.1, 0.15) is 28.8 Å². The van der Waals surface area contributed by atoms with Crippen LogP contribution in [0.2, 0.25) is 5.02 Å². The van der Waals surface area contributed by atoms with Crippen molar-refractivity contribution in [3.8, 4) is 0 Å². The van der Waals surface area contributed by atoms with Crippen LogP contribution in [0.15, 0.2) is 18.2 Å². The lowest BCUT2D eigenvalue weighted by atomic mass is 10.1. The van der Waals surface area contributed by atoms with Gasteiger partial charge in [0.05, 0.1) is 0 Å². The van der Waals surface area contributed by atoms with Gasteiger partial charge in [-0.1, -0.05) is 27.5 Å². The predicted octanol–water partition coefficient (Wildman–Crippen LogP) is 3.65. The number of carbonyl (C=O) groups is 1. The first-order valence-corrected chi connectivity index (χ1v) is 7.26. The van der Waals surface area contributed by atoms with Gasteiger partial charge in [0.15, 0.2) is 0 Å². The molecule has 4 heteroatoms. The third-order valence-corrected chi connectivity index (χ3v) is 3.58. The Balaban J connectivity index is 2.22. The fourth-order valence-corrected chi connectivity index (χ4v) is 2.56. The summed E-state index contributed by atoms with van der Waals surface area (Å²) >= 11 is 9.31. The summed E-state index contributed by atoms with van der Waals surface area (Å²) < 4.78 is 0. The van der Waals surface area contributed by atoms with Crippen molar-refractivity contribution in [2.24, 2.45) is 0 Å². The minimum Gasteiger partial charge on any atom is -0.335 e. The summed E-state index contributed by atoms with van der Waals surface area (Å²) in [5.74, 6) is 0.126. The maximum Gasteiger partial charge on any atom is 0.254 e. The lowest BCUT2D eigenvalue weighted by Crippen LogP contribution is -2.35. The van der Waals surface area contributed by atoms with Gasteiger partial charge in [-0.25, -0.2) is 0 Å². The lowest BCUT2D eigenvalue weighted by Gasteiger charge is -2.22. The molecule has 92 valence electrons. The molecule has 0 aliphatic heterocycles. The van der Waals surface area contributed by atoms with Gasteiger partial charge in [0.1, 0.15) is 0 Å². The molecule has 17 heavy (non-hydrogen) atoms. The van der Waals surface area contributed by atoms with Gasteiger partial charge in [-0.3, -0.25) is 4.79 Å². The Kier molecular flexibility index (Phi) is 4.10. The van der Waals surface area contributed by atoms with Gasteiger partial charge in [-0.2, -0.15) is 0 Å². The van der Waals surface area contributed by atoms with Crippen LogP contribution in [-0.4, -0.2) is 28.7 Å². The van der Waals surface area contributed by atoms with Crippen LogP contribution in [0.4, 0.5) is 0 Å². The molecular formula is C13H15BrClNO. The topological polar surface area (TPSA) is 20.3 Å². The molecular weight excluding hydrogens is 302 g/mol. The molecule has 0 unspecified atom stereocenters. The maximum absolute atomic E-state index is 12.4. The second-order valence-corrected chi connectivity index (χ2v) is 5.61. The third kappa shape index (κ3) is 3.02. The first kappa shape index (κ1) is 12.9. The summed E-state index contributed by atoms with van der Waals surface area (Å²) in [6.07, 6.45) is 2.26. The number of alkyl halides is 1. The molecule has 0 atom stereocenters. The van der Waals surface area contributed by atoms with Crippen molar-refractivity contribution in [3.05, 3.63) is 34.3 Å². The largest absolute Gasteiger partial charge is 0.335 e. The first-order valence-electron chi connectivity index (χ1n) is 5.76. The molecule has 0 bridgehead atoms. The Morgan fingerprint density at radius 1 is 1.53 bits per heavy atom. The fraction of sp³-hybridized carbons (Fsp3) is 0.462. The van der Waals surface area contributed by atoms with Crippen molar-refractivity contribution in [1.29, 1.82) is 0 Å². The Bertz CT molecular complexity index is 431. The Morgan fingerprint density at radius 3 is 2.76 bits per heavy atom. The van der Waals surface area contributed by atoms with E-state index >= 15 is 0 Å². The van der Waals surface area contributed by atoms with E-state index in [1.54, 1.807) is 6.07 Å². The Hall–Kier alpha value is -0.540. The quantitative estimate of drug-likeness (QED) is 0.777. The molecule has 1 aliphatic carbocycles. The van der Waals surface area contributed by atoms with Crippen molar-refractivity contribution >= 4 is 33.4 Å². The lowest BCUT2D eigenvalue weighted by molar-refractivity contribution is 0.0754. The van der Waals surface area contributed by atoms with Gasteiger partial charge < -0.3 is 4.90 Å². The smallest absolute Gasteiger partial charge is 0.254 e. The molecule has 1 aromatic carbocycles. The first-order chi connectivity index (χ1) is 8.13. The average Bonchev–Trinajstić information content (AvgIpc) is 3.09. The number of nitrogens with zero attached hydrogens (tertiary/aromatic N) is 1. The molecule has 0 spiro atoms. The summed E-state index contributed by atoms with van der Waals surface area (Å²) in [6.45, 7) is 2.70. The highest BCUT2D eigenvalue weighted by molar-refractivity contribution is 9.09. The van der Waals surface area contributed by atoms with E-state index in [-0.39, 0.29) is 5.91 Å². The number of benzene rings is 1.